The fourth-order valence-electron chi connectivity index (χ4n) is 2.16. The third-order valence-electron chi connectivity index (χ3n) is 3.14. The third-order valence-corrected chi connectivity index (χ3v) is 4.27. The average molecular weight is 330 g/mol. The van der Waals surface area contributed by atoms with Crippen LogP contribution in [0.1, 0.15) is 26.7 Å². The number of carbonyl (C=O) groups is 1. The molecular formula is C15H23FN2O3S. The van der Waals surface area contributed by atoms with E-state index in [-0.39, 0.29) is 18.1 Å². The Bertz CT molecular complexity index is 599. The lowest BCUT2D eigenvalue weighted by atomic mass is 10.3. The lowest BCUT2D eigenvalue weighted by Crippen LogP contribution is -2.43. The van der Waals surface area contributed by atoms with Crippen LogP contribution >= 0.6 is 0 Å². The Morgan fingerprint density at radius 2 is 1.68 bits per heavy atom. The van der Waals surface area contributed by atoms with Gasteiger partial charge in [-0.2, -0.15) is 0 Å². The van der Waals surface area contributed by atoms with Crippen molar-refractivity contribution in [3.05, 3.63) is 30.1 Å². The van der Waals surface area contributed by atoms with E-state index >= 15 is 0 Å². The molecule has 0 fully saturated rings. The van der Waals surface area contributed by atoms with Crippen molar-refractivity contribution in [2.24, 2.45) is 0 Å². The molecule has 0 radical (unpaired) electrons. The van der Waals surface area contributed by atoms with Crippen molar-refractivity contribution in [2.45, 2.75) is 26.7 Å². The molecule has 0 heterocycles. The molecule has 0 aliphatic rings. The topological polar surface area (TPSA) is 57.7 Å². The van der Waals surface area contributed by atoms with Crippen molar-refractivity contribution < 1.29 is 17.6 Å². The molecule has 0 atom stereocenters. The number of benzene rings is 1. The van der Waals surface area contributed by atoms with E-state index in [1.807, 2.05) is 13.8 Å². The summed E-state index contributed by atoms with van der Waals surface area (Å²) in [6.07, 6.45) is 2.53. The standard InChI is InChI=1S/C15H23FN2O3S/c1-4-10-17(11-5-2)15(19)12-18(22(3,20)21)14-9-7-6-8-13(14)16/h6-9H,4-5,10-12H2,1-3H3. The molecule has 0 spiro atoms. The highest BCUT2D eigenvalue weighted by molar-refractivity contribution is 7.92. The monoisotopic (exact) mass is 330 g/mol. The second-order valence-corrected chi connectivity index (χ2v) is 7.01. The summed E-state index contributed by atoms with van der Waals surface area (Å²) in [5.74, 6) is -0.990. The Labute approximate surface area is 131 Å². The molecule has 1 amide bonds. The maximum absolute atomic E-state index is 13.9. The number of rotatable bonds is 8. The van der Waals surface area contributed by atoms with Crippen LogP contribution in [-0.2, 0) is 14.8 Å². The first-order chi connectivity index (χ1) is 10.3. The van der Waals surface area contributed by atoms with Gasteiger partial charge in [0.05, 0.1) is 11.9 Å². The SMILES string of the molecule is CCCN(CCC)C(=O)CN(c1ccccc1F)S(C)(=O)=O. The largest absolute Gasteiger partial charge is 0.341 e. The van der Waals surface area contributed by atoms with Crippen molar-refractivity contribution in [3.8, 4) is 0 Å². The molecule has 0 unspecified atom stereocenters. The molecule has 0 bridgehead atoms. The number of halogens is 1. The molecule has 0 aromatic heterocycles. The first-order valence-electron chi connectivity index (χ1n) is 7.31. The summed E-state index contributed by atoms with van der Waals surface area (Å²) < 4.78 is 38.6. The van der Waals surface area contributed by atoms with E-state index in [0.29, 0.717) is 13.1 Å². The van der Waals surface area contributed by atoms with E-state index < -0.39 is 15.8 Å². The Hall–Kier alpha value is -1.63. The number of hydrogen-bond donors (Lipinski definition) is 0. The van der Waals surface area contributed by atoms with Crippen molar-refractivity contribution in [3.63, 3.8) is 0 Å². The van der Waals surface area contributed by atoms with Crippen molar-refractivity contribution >= 4 is 21.6 Å². The van der Waals surface area contributed by atoms with Crippen LogP contribution in [0.15, 0.2) is 24.3 Å². The minimum Gasteiger partial charge on any atom is -0.341 e. The zero-order valence-corrected chi connectivity index (χ0v) is 14.1. The summed E-state index contributed by atoms with van der Waals surface area (Å²) in [5.41, 5.74) is -0.105. The summed E-state index contributed by atoms with van der Waals surface area (Å²) in [7, 11) is -3.75. The number of hydrogen-bond acceptors (Lipinski definition) is 3. The average Bonchev–Trinajstić information content (AvgIpc) is 2.44. The van der Waals surface area contributed by atoms with Gasteiger partial charge in [0.2, 0.25) is 15.9 Å². The molecule has 1 rings (SSSR count). The van der Waals surface area contributed by atoms with Crippen LogP contribution < -0.4 is 4.31 Å². The maximum atomic E-state index is 13.9. The fraction of sp³-hybridized carbons (Fsp3) is 0.533. The third kappa shape index (κ3) is 4.98. The molecule has 22 heavy (non-hydrogen) atoms. The molecule has 0 aliphatic carbocycles. The Morgan fingerprint density at radius 1 is 1.14 bits per heavy atom. The Balaban J connectivity index is 3.05. The first-order valence-corrected chi connectivity index (χ1v) is 9.16. The van der Waals surface area contributed by atoms with Crippen molar-refractivity contribution in [2.75, 3.05) is 30.2 Å². The van der Waals surface area contributed by atoms with Gasteiger partial charge in [0.15, 0.2) is 0 Å². The molecule has 0 aliphatic heterocycles. The second-order valence-electron chi connectivity index (χ2n) is 5.10. The number of carbonyl (C=O) groups excluding carboxylic acids is 1. The molecule has 1 aromatic carbocycles. The van der Waals surface area contributed by atoms with Gasteiger partial charge in [0.1, 0.15) is 12.4 Å². The normalized spacial score (nSPS) is 11.3. The van der Waals surface area contributed by atoms with Gasteiger partial charge in [-0.3, -0.25) is 9.10 Å². The van der Waals surface area contributed by atoms with E-state index in [1.54, 1.807) is 4.90 Å². The van der Waals surface area contributed by atoms with Gasteiger partial charge in [-0.25, -0.2) is 12.8 Å². The van der Waals surface area contributed by atoms with Crippen LogP contribution in [0, 0.1) is 5.82 Å². The van der Waals surface area contributed by atoms with Crippen LogP contribution in [0.4, 0.5) is 10.1 Å². The maximum Gasteiger partial charge on any atom is 0.243 e. The van der Waals surface area contributed by atoms with E-state index in [2.05, 4.69) is 0 Å². The zero-order chi connectivity index (χ0) is 16.8. The van der Waals surface area contributed by atoms with Crippen molar-refractivity contribution in [1.82, 2.24) is 4.90 Å². The summed E-state index contributed by atoms with van der Waals surface area (Å²) in [6, 6.07) is 5.54. The number of sulfonamides is 1. The van der Waals surface area contributed by atoms with Crippen molar-refractivity contribution in [1.29, 1.82) is 0 Å². The zero-order valence-electron chi connectivity index (χ0n) is 13.3. The lowest BCUT2D eigenvalue weighted by Gasteiger charge is -2.27. The van der Waals surface area contributed by atoms with Crippen LogP contribution in [0.2, 0.25) is 0 Å². The highest BCUT2D eigenvalue weighted by atomic mass is 32.2. The predicted octanol–water partition coefficient (Wildman–Crippen LogP) is 2.24. The summed E-state index contributed by atoms with van der Waals surface area (Å²) in [5, 5.41) is 0. The second kappa shape index (κ2) is 8.12. The van der Waals surface area contributed by atoms with E-state index in [0.717, 1.165) is 23.4 Å². The van der Waals surface area contributed by atoms with E-state index in [9.17, 15) is 17.6 Å². The molecular weight excluding hydrogens is 307 g/mol. The fourth-order valence-corrected chi connectivity index (χ4v) is 3.01. The summed E-state index contributed by atoms with van der Waals surface area (Å²) in [4.78, 5) is 14.0. The van der Waals surface area contributed by atoms with Gasteiger partial charge >= 0.3 is 0 Å². The van der Waals surface area contributed by atoms with Gasteiger partial charge < -0.3 is 4.90 Å². The molecule has 0 saturated carbocycles. The summed E-state index contributed by atoms with van der Waals surface area (Å²) in [6.45, 7) is 4.62. The predicted molar refractivity (Wildman–Crippen MR) is 85.8 cm³/mol. The molecule has 5 nitrogen and oxygen atoms in total. The highest BCUT2D eigenvalue weighted by Gasteiger charge is 2.25. The number of amides is 1. The lowest BCUT2D eigenvalue weighted by molar-refractivity contribution is -0.129. The van der Waals surface area contributed by atoms with Crippen LogP contribution in [0.25, 0.3) is 0 Å². The van der Waals surface area contributed by atoms with E-state index in [1.165, 1.54) is 24.3 Å². The molecule has 0 saturated heterocycles. The Kier molecular flexibility index (Phi) is 6.80. The van der Waals surface area contributed by atoms with Gasteiger partial charge in [-0.1, -0.05) is 26.0 Å². The summed E-state index contributed by atoms with van der Waals surface area (Å²) >= 11 is 0. The first kappa shape index (κ1) is 18.4. The van der Waals surface area contributed by atoms with Gasteiger partial charge in [0.25, 0.3) is 0 Å². The number of anilines is 1. The molecule has 7 heteroatoms. The number of nitrogens with zero attached hydrogens (tertiary/aromatic N) is 2. The number of para-hydroxylation sites is 1. The van der Waals surface area contributed by atoms with Gasteiger partial charge in [-0.05, 0) is 25.0 Å². The minimum absolute atomic E-state index is 0.105. The van der Waals surface area contributed by atoms with Gasteiger partial charge in [-0.15, -0.1) is 0 Å². The molecule has 0 N–H and O–H groups in total. The van der Waals surface area contributed by atoms with Gasteiger partial charge in [0, 0.05) is 13.1 Å². The minimum atomic E-state index is -3.75. The highest BCUT2D eigenvalue weighted by Crippen LogP contribution is 2.21. The molecule has 1 aromatic rings. The van der Waals surface area contributed by atoms with E-state index in [4.69, 9.17) is 0 Å². The smallest absolute Gasteiger partial charge is 0.243 e. The quantitative estimate of drug-likeness (QED) is 0.734. The molecule has 124 valence electrons. The van der Waals surface area contributed by atoms with Crippen LogP contribution in [0.3, 0.4) is 0 Å². The van der Waals surface area contributed by atoms with Crippen LogP contribution in [0.5, 0.6) is 0 Å². The Morgan fingerprint density at radius 3 is 2.14 bits per heavy atom. The van der Waals surface area contributed by atoms with Crippen LogP contribution in [-0.4, -0.2) is 45.1 Å².